The molecule has 156 valence electrons. The number of guanidine groups is 1. The quantitative estimate of drug-likeness (QED) is 0.258. The molecule has 1 aliphatic heterocycles. The first-order chi connectivity index (χ1) is 12.2. The Hall–Kier alpha value is -0.560. The molecule has 0 bridgehead atoms. The third-order valence-electron chi connectivity index (χ3n) is 4.70. The van der Waals surface area contributed by atoms with Gasteiger partial charge in [-0.15, -0.1) is 34.2 Å². The van der Waals surface area contributed by atoms with E-state index >= 15 is 0 Å². The summed E-state index contributed by atoms with van der Waals surface area (Å²) in [4.78, 5) is 6.75. The molecule has 0 unspecified atom stereocenters. The van der Waals surface area contributed by atoms with E-state index in [0.717, 1.165) is 36.3 Å². The Morgan fingerprint density at radius 2 is 2.07 bits per heavy atom. The van der Waals surface area contributed by atoms with Gasteiger partial charge >= 0.3 is 0 Å². The molecule has 2 rings (SSSR count). The van der Waals surface area contributed by atoms with Crippen LogP contribution in [-0.4, -0.2) is 76.2 Å². The number of hydrogen-bond donors (Lipinski definition) is 1. The van der Waals surface area contributed by atoms with Gasteiger partial charge in [0, 0.05) is 26.7 Å². The van der Waals surface area contributed by atoms with Gasteiger partial charge in [-0.25, -0.2) is 13.4 Å². The molecule has 1 fully saturated rings. The number of hydrogen-bond acceptors (Lipinski definition) is 6. The van der Waals surface area contributed by atoms with Crippen molar-refractivity contribution in [2.24, 2.45) is 12.0 Å². The van der Waals surface area contributed by atoms with Crippen molar-refractivity contribution in [2.75, 3.05) is 37.4 Å². The molecule has 1 aromatic rings. The van der Waals surface area contributed by atoms with E-state index in [1.165, 1.54) is 0 Å². The summed E-state index contributed by atoms with van der Waals surface area (Å²) in [5.74, 6) is 3.59. The number of rotatable bonds is 6. The zero-order valence-corrected chi connectivity index (χ0v) is 20.7. The van der Waals surface area contributed by atoms with E-state index in [9.17, 15) is 8.42 Å². The first kappa shape index (κ1) is 24.5. The summed E-state index contributed by atoms with van der Waals surface area (Å²) in [6.07, 6.45) is 3.11. The lowest BCUT2D eigenvalue weighted by atomic mass is 10.2. The lowest BCUT2D eigenvalue weighted by Crippen LogP contribution is -2.57. The van der Waals surface area contributed by atoms with Crippen molar-refractivity contribution in [2.45, 2.75) is 38.5 Å². The molecule has 0 aliphatic carbocycles. The van der Waals surface area contributed by atoms with Crippen LogP contribution in [0.25, 0.3) is 0 Å². The summed E-state index contributed by atoms with van der Waals surface area (Å²) < 4.78 is 25.7. The Kier molecular flexibility index (Phi) is 9.32. The Morgan fingerprint density at radius 1 is 1.37 bits per heavy atom. The molecular weight excluding hydrogens is 499 g/mol. The SMILES string of the molecule is CSCCCNC(=NCc1nnc(C)n1C)N1CCS(=O)(=O)C(C)(C)C1.I. The molecule has 2 heterocycles. The number of halogens is 1. The van der Waals surface area contributed by atoms with Gasteiger partial charge in [0.05, 0.1) is 10.5 Å². The number of nitrogens with one attached hydrogen (secondary N) is 1. The van der Waals surface area contributed by atoms with E-state index in [-0.39, 0.29) is 29.7 Å². The Balaban J connectivity index is 0.00000364. The number of aliphatic imine (C=N–C) groups is 1. The van der Waals surface area contributed by atoms with E-state index in [4.69, 9.17) is 4.99 Å². The largest absolute Gasteiger partial charge is 0.356 e. The topological polar surface area (TPSA) is 92.5 Å². The van der Waals surface area contributed by atoms with Crippen LogP contribution in [0, 0.1) is 6.92 Å². The molecule has 0 radical (unpaired) electrons. The highest BCUT2D eigenvalue weighted by molar-refractivity contribution is 14.0. The fraction of sp³-hybridized carbons (Fsp3) is 0.812. The maximum Gasteiger partial charge on any atom is 0.194 e. The average Bonchev–Trinajstić information content (AvgIpc) is 2.89. The second-order valence-electron chi connectivity index (χ2n) is 7.14. The van der Waals surface area contributed by atoms with Crippen LogP contribution in [0.2, 0.25) is 0 Å². The first-order valence-electron chi connectivity index (χ1n) is 8.77. The van der Waals surface area contributed by atoms with Crippen LogP contribution in [0.5, 0.6) is 0 Å². The fourth-order valence-electron chi connectivity index (χ4n) is 2.74. The van der Waals surface area contributed by atoms with Gasteiger partial charge in [0.1, 0.15) is 12.4 Å². The molecule has 1 aromatic heterocycles. The maximum atomic E-state index is 12.3. The van der Waals surface area contributed by atoms with E-state index < -0.39 is 14.6 Å². The van der Waals surface area contributed by atoms with Gasteiger partial charge in [-0.2, -0.15) is 11.8 Å². The van der Waals surface area contributed by atoms with Crippen LogP contribution in [0.15, 0.2) is 4.99 Å². The number of aryl methyl sites for hydroxylation is 1. The van der Waals surface area contributed by atoms with Crippen molar-refractivity contribution in [3.05, 3.63) is 11.6 Å². The number of aromatic nitrogens is 3. The zero-order valence-electron chi connectivity index (χ0n) is 16.7. The number of thioether (sulfide) groups is 1. The minimum atomic E-state index is -3.08. The molecule has 27 heavy (non-hydrogen) atoms. The first-order valence-corrected chi connectivity index (χ1v) is 11.8. The van der Waals surface area contributed by atoms with E-state index in [2.05, 4.69) is 21.8 Å². The highest BCUT2D eigenvalue weighted by Crippen LogP contribution is 2.23. The predicted octanol–water partition coefficient (Wildman–Crippen LogP) is 1.45. The lowest BCUT2D eigenvalue weighted by Gasteiger charge is -2.39. The fourth-order valence-corrected chi connectivity index (χ4v) is 4.54. The molecular formula is C16H31IN6O2S2. The highest BCUT2D eigenvalue weighted by Gasteiger charge is 2.41. The molecule has 8 nitrogen and oxygen atoms in total. The van der Waals surface area contributed by atoms with Gasteiger partial charge in [-0.3, -0.25) is 0 Å². The van der Waals surface area contributed by atoms with E-state index in [0.29, 0.717) is 19.6 Å². The van der Waals surface area contributed by atoms with Crippen LogP contribution in [0.4, 0.5) is 0 Å². The van der Waals surface area contributed by atoms with Crippen molar-refractivity contribution < 1.29 is 8.42 Å². The smallest absolute Gasteiger partial charge is 0.194 e. The predicted molar refractivity (Wildman–Crippen MR) is 123 cm³/mol. The van der Waals surface area contributed by atoms with Gasteiger partial charge in [-0.1, -0.05) is 0 Å². The summed E-state index contributed by atoms with van der Waals surface area (Å²) in [6.45, 7) is 7.57. The monoisotopic (exact) mass is 530 g/mol. The number of sulfone groups is 1. The van der Waals surface area contributed by atoms with Crippen molar-refractivity contribution in [3.8, 4) is 0 Å². The van der Waals surface area contributed by atoms with Gasteiger partial charge in [0.2, 0.25) is 0 Å². The Morgan fingerprint density at radius 3 is 2.63 bits per heavy atom. The Labute approximate surface area is 183 Å². The van der Waals surface area contributed by atoms with Gasteiger partial charge in [0.25, 0.3) is 0 Å². The van der Waals surface area contributed by atoms with Gasteiger partial charge in [-0.05, 0) is 39.2 Å². The molecule has 1 N–H and O–H groups in total. The second-order valence-corrected chi connectivity index (χ2v) is 10.9. The average molecular weight is 531 g/mol. The van der Waals surface area contributed by atoms with Crippen molar-refractivity contribution in [1.29, 1.82) is 0 Å². The minimum Gasteiger partial charge on any atom is -0.356 e. The van der Waals surface area contributed by atoms with E-state index in [1.54, 1.807) is 13.8 Å². The summed E-state index contributed by atoms with van der Waals surface area (Å²) in [7, 11) is -1.16. The number of nitrogens with zero attached hydrogens (tertiary/aromatic N) is 5. The van der Waals surface area contributed by atoms with Crippen LogP contribution >= 0.6 is 35.7 Å². The summed E-state index contributed by atoms with van der Waals surface area (Å²) in [5, 5.41) is 11.6. The van der Waals surface area contributed by atoms with Crippen molar-refractivity contribution >= 4 is 51.5 Å². The lowest BCUT2D eigenvalue weighted by molar-refractivity contribution is 0.352. The van der Waals surface area contributed by atoms with Crippen LogP contribution in [-0.2, 0) is 23.4 Å². The zero-order chi connectivity index (χ0) is 19.4. The van der Waals surface area contributed by atoms with Gasteiger partial charge < -0.3 is 14.8 Å². The molecule has 0 amide bonds. The molecule has 0 aromatic carbocycles. The molecule has 0 saturated carbocycles. The van der Waals surface area contributed by atoms with Crippen LogP contribution in [0.1, 0.15) is 31.9 Å². The van der Waals surface area contributed by atoms with Crippen molar-refractivity contribution in [3.63, 3.8) is 0 Å². The van der Waals surface area contributed by atoms with E-state index in [1.807, 2.05) is 35.2 Å². The summed E-state index contributed by atoms with van der Waals surface area (Å²) in [5.41, 5.74) is 0. The van der Waals surface area contributed by atoms with Crippen LogP contribution < -0.4 is 5.32 Å². The van der Waals surface area contributed by atoms with Crippen molar-refractivity contribution in [1.82, 2.24) is 25.0 Å². The maximum absolute atomic E-state index is 12.3. The van der Waals surface area contributed by atoms with Crippen LogP contribution in [0.3, 0.4) is 0 Å². The molecule has 11 heteroatoms. The standard InChI is InChI=1S/C16H30N6O2S2.HI/c1-13-19-20-14(21(13)4)11-18-15(17-7-6-9-25-5)22-8-10-26(23,24)16(2,3)12-22;/h6-12H2,1-5H3,(H,17,18);1H. The summed E-state index contributed by atoms with van der Waals surface area (Å²) in [6, 6.07) is 0. The molecule has 0 atom stereocenters. The normalized spacial score (nSPS) is 18.9. The third-order valence-corrected chi connectivity index (χ3v) is 7.93. The third kappa shape index (κ3) is 6.21. The minimum absolute atomic E-state index is 0. The highest BCUT2D eigenvalue weighted by atomic mass is 127. The Bertz CT molecular complexity index is 748. The molecule has 0 spiro atoms. The molecule has 1 aliphatic rings. The summed E-state index contributed by atoms with van der Waals surface area (Å²) >= 11 is 1.81. The van der Waals surface area contributed by atoms with Gasteiger partial charge in [0.15, 0.2) is 21.6 Å². The molecule has 1 saturated heterocycles. The second kappa shape index (κ2) is 10.3.